The number of carbonyl (C=O) groups is 8. The summed E-state index contributed by atoms with van der Waals surface area (Å²) in [6, 6.07) is 10.5. The Kier molecular flexibility index (Phi) is 21.0. The summed E-state index contributed by atoms with van der Waals surface area (Å²) in [6.45, 7) is -1.72. The average molecular weight is 929 g/mol. The van der Waals surface area contributed by atoms with Crippen molar-refractivity contribution in [3.63, 3.8) is 0 Å². The van der Waals surface area contributed by atoms with Crippen molar-refractivity contribution in [3.05, 3.63) is 48.5 Å². The Balaban J connectivity index is 1.35. The molecule has 4 atom stereocenters. The van der Waals surface area contributed by atoms with E-state index in [0.717, 1.165) is 0 Å². The summed E-state index contributed by atoms with van der Waals surface area (Å²) in [7, 11) is 0. The number of hydrogen-bond donors (Lipinski definition) is 7. The van der Waals surface area contributed by atoms with Crippen LogP contribution in [-0.4, -0.2) is 189 Å². The maximum atomic E-state index is 13.4. The van der Waals surface area contributed by atoms with E-state index in [4.69, 9.17) is 14.2 Å². The van der Waals surface area contributed by atoms with Gasteiger partial charge in [-0.3, -0.25) is 58.0 Å². The molecule has 22 nitrogen and oxygen atoms in total. The van der Waals surface area contributed by atoms with E-state index in [2.05, 4.69) is 10.6 Å². The molecule has 362 valence electrons. The molecular weight excluding hydrogens is 869 g/mol. The van der Waals surface area contributed by atoms with Crippen LogP contribution >= 0.6 is 0 Å². The van der Waals surface area contributed by atoms with Gasteiger partial charge in [-0.2, -0.15) is 0 Å². The van der Waals surface area contributed by atoms with E-state index >= 15 is 0 Å². The van der Waals surface area contributed by atoms with E-state index in [0.29, 0.717) is 80.8 Å². The minimum Gasteiger partial charge on any atom is -0.494 e. The highest BCUT2D eigenvalue weighted by atomic mass is 16.6. The van der Waals surface area contributed by atoms with Gasteiger partial charge in [0.2, 0.25) is 11.8 Å². The summed E-state index contributed by atoms with van der Waals surface area (Å²) in [5.41, 5.74) is 0.830. The Morgan fingerprint density at radius 1 is 0.470 bits per heavy atom. The van der Waals surface area contributed by atoms with E-state index in [1.165, 1.54) is 14.7 Å². The molecule has 0 bridgehead atoms. The molecule has 0 heterocycles. The van der Waals surface area contributed by atoms with Crippen LogP contribution in [0.1, 0.15) is 58.3 Å². The number of carboxylic acid groups (broad SMARTS) is 5. The van der Waals surface area contributed by atoms with Crippen LogP contribution in [0, 0.1) is 0 Å². The van der Waals surface area contributed by atoms with Gasteiger partial charge in [0.05, 0.1) is 59.0 Å². The molecule has 0 saturated heterocycles. The van der Waals surface area contributed by atoms with Crippen molar-refractivity contribution in [1.29, 1.82) is 0 Å². The zero-order valence-corrected chi connectivity index (χ0v) is 36.9. The number of carbonyl (C=O) groups excluding carboxylic acids is 3. The molecule has 2 saturated carbocycles. The fourth-order valence-corrected chi connectivity index (χ4v) is 8.65. The summed E-state index contributed by atoms with van der Waals surface area (Å²) in [6.07, 6.45) is 4.54. The average Bonchev–Trinajstić information content (AvgIpc) is 3.25. The SMILES string of the molecule is CCOc1ccc(NC(=O)CN(CC(=O)OCCOc2ccc(NC(=O)CN(CC(=O)O)[C@@H]3CCCC[C@H]3N(CC(=O)O)CC(=O)O)cc2)[C@H]2CCCC[C@@H]2N(CC(=O)O)CC(=O)O)cc1. The second-order valence-electron chi connectivity index (χ2n) is 16.1. The molecule has 66 heavy (non-hydrogen) atoms. The van der Waals surface area contributed by atoms with Gasteiger partial charge in [-0.25, -0.2) is 0 Å². The minimum atomic E-state index is -1.23. The fraction of sp³-hybridized carbons (Fsp3) is 0.545. The van der Waals surface area contributed by atoms with Crippen molar-refractivity contribution in [2.45, 2.75) is 82.5 Å². The third kappa shape index (κ3) is 17.9. The van der Waals surface area contributed by atoms with Gasteiger partial charge in [-0.15, -0.1) is 0 Å². The van der Waals surface area contributed by atoms with Crippen molar-refractivity contribution in [3.8, 4) is 11.5 Å². The van der Waals surface area contributed by atoms with Crippen molar-refractivity contribution in [1.82, 2.24) is 19.6 Å². The molecule has 0 radical (unpaired) electrons. The number of ether oxygens (including phenoxy) is 3. The van der Waals surface area contributed by atoms with E-state index in [1.54, 1.807) is 53.4 Å². The van der Waals surface area contributed by atoms with Crippen molar-refractivity contribution in [2.75, 3.05) is 82.8 Å². The Labute approximate surface area is 381 Å². The molecular formula is C44H60N6O16. The maximum Gasteiger partial charge on any atom is 0.320 e. The molecule has 0 aromatic heterocycles. The highest BCUT2D eigenvalue weighted by Crippen LogP contribution is 2.29. The lowest BCUT2D eigenvalue weighted by Gasteiger charge is -2.43. The van der Waals surface area contributed by atoms with Gasteiger partial charge in [0, 0.05) is 35.5 Å². The first-order valence-electron chi connectivity index (χ1n) is 21.8. The van der Waals surface area contributed by atoms with Crippen LogP contribution in [0.25, 0.3) is 0 Å². The monoisotopic (exact) mass is 928 g/mol. The standard InChI is InChI=1S/C44H60N6O16/c1-2-64-31-15-11-29(12-16-31)46-38(52)22-48(34-8-4-6-10-36(34)50(26-42(59)60)27-43(61)62)28-44(63)66-20-19-65-32-17-13-30(14-18-32)45-37(51)21-47(23-39(53)54)33-7-3-5-9-35(33)49(24-40(55)56)25-41(57)58/h11-18,33-36H,2-10,19-28H2,1H3,(H,45,51)(H,46,52)(H,53,54)(H,55,56)(H,57,58)(H,59,60)(H,61,62)/t33-,34+,35-,36+/m1/s1. The Morgan fingerprint density at radius 2 is 0.788 bits per heavy atom. The zero-order chi connectivity index (χ0) is 48.2. The van der Waals surface area contributed by atoms with Crippen LogP contribution in [0.4, 0.5) is 11.4 Å². The molecule has 2 aliphatic carbocycles. The van der Waals surface area contributed by atoms with Gasteiger partial charge in [0.15, 0.2) is 0 Å². The lowest BCUT2D eigenvalue weighted by atomic mass is 9.87. The van der Waals surface area contributed by atoms with Gasteiger partial charge in [-0.05, 0) is 81.1 Å². The van der Waals surface area contributed by atoms with Crippen LogP contribution in [0.3, 0.4) is 0 Å². The Bertz CT molecular complexity index is 1940. The zero-order valence-electron chi connectivity index (χ0n) is 36.9. The normalized spacial score (nSPS) is 18.4. The van der Waals surface area contributed by atoms with Crippen LogP contribution in [0.5, 0.6) is 11.5 Å². The van der Waals surface area contributed by atoms with Crippen LogP contribution in [0.15, 0.2) is 48.5 Å². The van der Waals surface area contributed by atoms with E-state index in [1.807, 2.05) is 6.92 Å². The number of esters is 1. The predicted molar refractivity (Wildman–Crippen MR) is 234 cm³/mol. The van der Waals surface area contributed by atoms with Crippen molar-refractivity contribution in [2.24, 2.45) is 0 Å². The smallest absolute Gasteiger partial charge is 0.320 e. The molecule has 2 aromatic carbocycles. The number of rotatable bonds is 28. The molecule has 7 N–H and O–H groups in total. The van der Waals surface area contributed by atoms with Gasteiger partial charge in [0.1, 0.15) is 24.7 Å². The van der Waals surface area contributed by atoms with E-state index in [-0.39, 0.29) is 32.8 Å². The van der Waals surface area contributed by atoms with Crippen LogP contribution in [-0.2, 0) is 43.1 Å². The molecule has 0 unspecified atom stereocenters. The molecule has 0 spiro atoms. The van der Waals surface area contributed by atoms with Crippen molar-refractivity contribution >= 4 is 59.0 Å². The highest BCUT2D eigenvalue weighted by molar-refractivity contribution is 5.93. The highest BCUT2D eigenvalue weighted by Gasteiger charge is 2.39. The molecule has 4 rings (SSSR count). The molecule has 2 fully saturated rings. The largest absolute Gasteiger partial charge is 0.494 e. The van der Waals surface area contributed by atoms with E-state index in [9.17, 15) is 63.9 Å². The number of nitrogens with zero attached hydrogens (tertiary/aromatic N) is 4. The molecule has 2 aromatic rings. The topological polar surface area (TPSA) is 302 Å². The third-order valence-electron chi connectivity index (χ3n) is 11.2. The van der Waals surface area contributed by atoms with Crippen LogP contribution in [0.2, 0.25) is 0 Å². The minimum absolute atomic E-state index is 0.0831. The quantitative estimate of drug-likeness (QED) is 0.0473. The Hall–Kier alpha value is -6.36. The van der Waals surface area contributed by atoms with Crippen LogP contribution < -0.4 is 20.1 Å². The first-order valence-corrected chi connectivity index (χ1v) is 21.8. The number of nitrogens with one attached hydrogen (secondary N) is 2. The summed E-state index contributed by atoms with van der Waals surface area (Å²) in [5.74, 6) is -6.85. The lowest BCUT2D eigenvalue weighted by molar-refractivity contribution is -0.150. The second kappa shape index (κ2) is 26.6. The first-order chi connectivity index (χ1) is 31.5. The van der Waals surface area contributed by atoms with E-state index < -0.39 is 105 Å². The third-order valence-corrected chi connectivity index (χ3v) is 11.2. The summed E-state index contributed by atoms with van der Waals surface area (Å²) >= 11 is 0. The number of carboxylic acids is 5. The maximum absolute atomic E-state index is 13.4. The molecule has 2 aliphatic rings. The fourth-order valence-electron chi connectivity index (χ4n) is 8.65. The molecule has 22 heteroatoms. The summed E-state index contributed by atoms with van der Waals surface area (Å²) < 4.78 is 16.7. The second-order valence-corrected chi connectivity index (χ2v) is 16.1. The van der Waals surface area contributed by atoms with Gasteiger partial charge in [0.25, 0.3) is 0 Å². The van der Waals surface area contributed by atoms with Gasteiger partial charge >= 0.3 is 35.8 Å². The number of hydrogen-bond acceptors (Lipinski definition) is 15. The number of amides is 2. The van der Waals surface area contributed by atoms with Gasteiger partial charge in [-0.1, -0.05) is 25.7 Å². The summed E-state index contributed by atoms with van der Waals surface area (Å²) in [5, 5.41) is 53.2. The number of aliphatic carboxylic acids is 5. The number of anilines is 2. The van der Waals surface area contributed by atoms with Crippen molar-refractivity contribution < 1.29 is 78.1 Å². The molecule has 2 amide bonds. The summed E-state index contributed by atoms with van der Waals surface area (Å²) in [4.78, 5) is 104. The van der Waals surface area contributed by atoms with Gasteiger partial charge < -0.3 is 50.4 Å². The lowest BCUT2D eigenvalue weighted by Crippen LogP contribution is -2.57. The molecule has 0 aliphatic heterocycles. The first kappa shape index (κ1) is 52.3. The predicted octanol–water partition coefficient (Wildman–Crippen LogP) is 1.84. The Morgan fingerprint density at radius 3 is 1.12 bits per heavy atom. The number of benzene rings is 2.